The lowest BCUT2D eigenvalue weighted by atomic mass is 9.98. The highest BCUT2D eigenvalue weighted by Crippen LogP contribution is 2.21. The minimum atomic E-state index is -0.403. The normalized spacial score (nSPS) is 21.3. The molecule has 2 N–H and O–H groups in total. The van der Waals surface area contributed by atoms with E-state index in [0.29, 0.717) is 6.54 Å². The first-order chi connectivity index (χ1) is 9.90. The molecule has 0 saturated carbocycles. The Hall–Kier alpha value is -1.40. The first-order valence-corrected chi connectivity index (χ1v) is 7.62. The van der Waals surface area contributed by atoms with Crippen LogP contribution in [0.1, 0.15) is 37.6 Å². The highest BCUT2D eigenvalue weighted by Gasteiger charge is 2.28. The molecule has 0 spiro atoms. The summed E-state index contributed by atoms with van der Waals surface area (Å²) in [5.41, 5.74) is 2.58. The maximum atomic E-state index is 12.3. The van der Waals surface area contributed by atoms with Crippen molar-refractivity contribution in [1.29, 1.82) is 0 Å². The number of aliphatic hydroxyl groups is 1. The fourth-order valence-electron chi connectivity index (χ4n) is 3.08. The van der Waals surface area contributed by atoms with Gasteiger partial charge in [-0.25, -0.2) is 0 Å². The summed E-state index contributed by atoms with van der Waals surface area (Å²) < 4.78 is 1.77. The molecule has 1 amide bonds. The molecule has 21 heavy (non-hydrogen) atoms. The lowest BCUT2D eigenvalue weighted by molar-refractivity contribution is -0.118. The van der Waals surface area contributed by atoms with E-state index >= 15 is 0 Å². The van der Waals surface area contributed by atoms with Crippen LogP contribution in [0.15, 0.2) is 0 Å². The lowest BCUT2D eigenvalue weighted by Crippen LogP contribution is -2.48. The van der Waals surface area contributed by atoms with E-state index in [-0.39, 0.29) is 11.9 Å². The summed E-state index contributed by atoms with van der Waals surface area (Å²) in [7, 11) is 1.87. The first kappa shape index (κ1) is 16.0. The van der Waals surface area contributed by atoms with E-state index in [1.165, 1.54) is 0 Å². The Morgan fingerprint density at radius 1 is 1.48 bits per heavy atom. The predicted molar refractivity (Wildman–Crippen MR) is 82.2 cm³/mol. The topological polar surface area (TPSA) is 70.4 Å². The average molecular weight is 294 g/mol. The number of rotatable bonds is 4. The van der Waals surface area contributed by atoms with Crippen LogP contribution in [0, 0.1) is 13.8 Å². The number of hydrogen-bond acceptors (Lipinski definition) is 4. The third kappa shape index (κ3) is 3.63. The van der Waals surface area contributed by atoms with Crippen molar-refractivity contribution in [2.45, 2.75) is 52.2 Å². The Kier molecular flexibility index (Phi) is 5.00. The molecule has 2 rings (SSSR count). The molecule has 6 nitrogen and oxygen atoms in total. The number of piperidine rings is 1. The minimum absolute atomic E-state index is 0.0400. The van der Waals surface area contributed by atoms with Crippen molar-refractivity contribution in [1.82, 2.24) is 14.7 Å². The van der Waals surface area contributed by atoms with E-state index in [4.69, 9.17) is 0 Å². The molecule has 6 heteroatoms. The van der Waals surface area contributed by atoms with Gasteiger partial charge in [-0.05, 0) is 40.2 Å². The second-order valence-electron chi connectivity index (χ2n) is 5.99. The molecule has 1 saturated heterocycles. The van der Waals surface area contributed by atoms with E-state index in [1.54, 1.807) is 11.6 Å². The summed E-state index contributed by atoms with van der Waals surface area (Å²) in [6.45, 7) is 6.82. The van der Waals surface area contributed by atoms with Crippen LogP contribution in [-0.4, -0.2) is 50.9 Å². The van der Waals surface area contributed by atoms with E-state index in [1.807, 2.05) is 20.9 Å². The second kappa shape index (κ2) is 6.58. The van der Waals surface area contributed by atoms with Crippen molar-refractivity contribution >= 4 is 11.6 Å². The Labute approximate surface area is 126 Å². The van der Waals surface area contributed by atoms with Crippen molar-refractivity contribution in [2.24, 2.45) is 7.05 Å². The number of aromatic nitrogens is 2. The number of likely N-dealkylation sites (tertiary alicyclic amines) is 1. The number of carbonyl (C=O) groups is 1. The molecule has 2 atom stereocenters. The summed E-state index contributed by atoms with van der Waals surface area (Å²) in [5, 5.41) is 17.1. The molecule has 1 aliphatic rings. The Balaban J connectivity index is 2.00. The number of carbonyl (C=O) groups excluding carboxylic acids is 1. The van der Waals surface area contributed by atoms with E-state index in [0.717, 1.165) is 42.9 Å². The summed E-state index contributed by atoms with van der Waals surface area (Å²) in [6, 6.07) is 0.0839. The molecule has 1 fully saturated rings. The molecule has 0 aliphatic carbocycles. The number of aliphatic hydroxyl groups excluding tert-OH is 1. The smallest absolute Gasteiger partial charge is 0.238 e. The van der Waals surface area contributed by atoms with Gasteiger partial charge in [0.15, 0.2) is 0 Å². The van der Waals surface area contributed by atoms with Crippen molar-refractivity contribution in [3.8, 4) is 0 Å². The van der Waals surface area contributed by atoms with Crippen LogP contribution in [0.3, 0.4) is 0 Å². The van der Waals surface area contributed by atoms with Crippen LogP contribution in [0.2, 0.25) is 0 Å². The summed E-state index contributed by atoms with van der Waals surface area (Å²) in [5.74, 6) is -0.0400. The largest absolute Gasteiger partial charge is 0.392 e. The van der Waals surface area contributed by atoms with Gasteiger partial charge in [-0.3, -0.25) is 14.4 Å². The monoisotopic (exact) mass is 294 g/mol. The number of hydrogen-bond donors (Lipinski definition) is 2. The Bertz CT molecular complexity index is 510. The fraction of sp³-hybridized carbons (Fsp3) is 0.733. The van der Waals surface area contributed by atoms with Gasteiger partial charge in [0.05, 0.1) is 29.7 Å². The zero-order valence-electron chi connectivity index (χ0n) is 13.4. The van der Waals surface area contributed by atoms with Gasteiger partial charge in [-0.1, -0.05) is 6.42 Å². The van der Waals surface area contributed by atoms with Gasteiger partial charge in [0.2, 0.25) is 5.91 Å². The van der Waals surface area contributed by atoms with Gasteiger partial charge in [0, 0.05) is 13.1 Å². The van der Waals surface area contributed by atoms with Gasteiger partial charge in [-0.15, -0.1) is 0 Å². The lowest BCUT2D eigenvalue weighted by Gasteiger charge is -2.36. The highest BCUT2D eigenvalue weighted by molar-refractivity contribution is 5.93. The number of nitrogens with one attached hydrogen (secondary N) is 1. The molecule has 1 aromatic rings. The van der Waals surface area contributed by atoms with Crippen molar-refractivity contribution in [3.05, 3.63) is 11.4 Å². The van der Waals surface area contributed by atoms with Crippen molar-refractivity contribution in [3.63, 3.8) is 0 Å². The van der Waals surface area contributed by atoms with Crippen LogP contribution in [-0.2, 0) is 11.8 Å². The quantitative estimate of drug-likeness (QED) is 0.876. The maximum Gasteiger partial charge on any atom is 0.238 e. The number of nitrogens with zero attached hydrogens (tertiary/aromatic N) is 3. The third-order valence-corrected chi connectivity index (χ3v) is 4.34. The summed E-state index contributed by atoms with van der Waals surface area (Å²) in [6.07, 6.45) is 2.76. The van der Waals surface area contributed by atoms with Crippen LogP contribution in [0.25, 0.3) is 0 Å². The average Bonchev–Trinajstić information content (AvgIpc) is 2.66. The van der Waals surface area contributed by atoms with E-state index in [2.05, 4.69) is 15.3 Å². The number of amides is 1. The Morgan fingerprint density at radius 3 is 2.76 bits per heavy atom. The van der Waals surface area contributed by atoms with Crippen LogP contribution < -0.4 is 5.32 Å². The van der Waals surface area contributed by atoms with Crippen molar-refractivity contribution < 1.29 is 9.90 Å². The number of aryl methyl sites for hydroxylation is 2. The van der Waals surface area contributed by atoms with Crippen LogP contribution in [0.5, 0.6) is 0 Å². The van der Waals surface area contributed by atoms with E-state index in [9.17, 15) is 9.90 Å². The van der Waals surface area contributed by atoms with Crippen LogP contribution in [0.4, 0.5) is 5.69 Å². The standard InChI is InChI=1S/C15H26N4O2/c1-10-15(11(2)18(4)17-10)16-14(21)9-19-8-6-5-7-13(19)12(3)20/h12-13,20H,5-9H2,1-4H3,(H,16,21)/t12-,13-/m0/s1. The maximum absolute atomic E-state index is 12.3. The van der Waals surface area contributed by atoms with Gasteiger partial charge < -0.3 is 10.4 Å². The zero-order valence-corrected chi connectivity index (χ0v) is 13.4. The molecule has 2 heterocycles. The summed E-state index contributed by atoms with van der Waals surface area (Å²) >= 11 is 0. The molecular formula is C15H26N4O2. The molecule has 0 unspecified atom stereocenters. The zero-order chi connectivity index (χ0) is 15.6. The van der Waals surface area contributed by atoms with E-state index < -0.39 is 6.10 Å². The van der Waals surface area contributed by atoms with Gasteiger partial charge in [-0.2, -0.15) is 5.10 Å². The molecule has 0 aromatic carbocycles. The van der Waals surface area contributed by atoms with Gasteiger partial charge in [0.1, 0.15) is 0 Å². The Morgan fingerprint density at radius 2 is 2.19 bits per heavy atom. The van der Waals surface area contributed by atoms with Crippen LogP contribution >= 0.6 is 0 Å². The van der Waals surface area contributed by atoms with Gasteiger partial charge >= 0.3 is 0 Å². The fourth-order valence-corrected chi connectivity index (χ4v) is 3.08. The third-order valence-electron chi connectivity index (χ3n) is 4.34. The predicted octanol–water partition coefficient (Wildman–Crippen LogP) is 1.21. The van der Waals surface area contributed by atoms with Crippen molar-refractivity contribution in [2.75, 3.05) is 18.4 Å². The first-order valence-electron chi connectivity index (χ1n) is 7.62. The molecule has 118 valence electrons. The highest BCUT2D eigenvalue weighted by atomic mass is 16.3. The van der Waals surface area contributed by atoms with Gasteiger partial charge in [0.25, 0.3) is 0 Å². The second-order valence-corrected chi connectivity index (χ2v) is 5.99. The minimum Gasteiger partial charge on any atom is -0.392 e. The molecule has 1 aliphatic heterocycles. The molecular weight excluding hydrogens is 268 g/mol. The SMILES string of the molecule is Cc1nn(C)c(C)c1NC(=O)CN1CCCC[C@H]1[C@H](C)O. The summed E-state index contributed by atoms with van der Waals surface area (Å²) in [4.78, 5) is 14.4. The number of anilines is 1. The molecule has 1 aromatic heterocycles. The molecule has 0 radical (unpaired) electrons. The molecule has 0 bridgehead atoms.